The predicted molar refractivity (Wildman–Crippen MR) is 82.3 cm³/mol. The third kappa shape index (κ3) is 6.66. The molecule has 21 heavy (non-hydrogen) atoms. The van der Waals surface area contributed by atoms with Crippen molar-refractivity contribution in [3.05, 3.63) is 0 Å². The fourth-order valence-electron chi connectivity index (χ4n) is 2.70. The Morgan fingerprint density at radius 1 is 1.33 bits per heavy atom. The van der Waals surface area contributed by atoms with Crippen molar-refractivity contribution in [2.24, 2.45) is 11.8 Å². The molecule has 1 saturated heterocycles. The molecule has 0 bridgehead atoms. The van der Waals surface area contributed by atoms with E-state index in [0.717, 1.165) is 32.7 Å². The largest absolute Gasteiger partial charge is 0.444 e. The van der Waals surface area contributed by atoms with E-state index in [1.807, 2.05) is 20.8 Å². The van der Waals surface area contributed by atoms with E-state index in [-0.39, 0.29) is 12.1 Å². The lowest BCUT2D eigenvalue weighted by Gasteiger charge is -2.26. The van der Waals surface area contributed by atoms with Crippen molar-refractivity contribution in [1.82, 2.24) is 10.6 Å². The Bertz CT molecular complexity index is 331. The van der Waals surface area contributed by atoms with Crippen molar-refractivity contribution in [3.63, 3.8) is 0 Å². The summed E-state index contributed by atoms with van der Waals surface area (Å²) in [5, 5.41) is 6.51. The van der Waals surface area contributed by atoms with Crippen LogP contribution in [0.3, 0.4) is 0 Å². The Morgan fingerprint density at radius 2 is 2.10 bits per heavy atom. The number of amides is 1. The van der Waals surface area contributed by atoms with Crippen molar-refractivity contribution in [2.75, 3.05) is 26.3 Å². The molecule has 122 valence electrons. The van der Waals surface area contributed by atoms with Crippen LogP contribution in [0.4, 0.5) is 4.79 Å². The third-order valence-electron chi connectivity index (χ3n) is 3.95. The van der Waals surface area contributed by atoms with Gasteiger partial charge < -0.3 is 20.1 Å². The average Bonchev–Trinajstić information content (AvgIpc) is 3.21. The zero-order chi connectivity index (χ0) is 15.3. The maximum absolute atomic E-state index is 11.9. The number of rotatable bonds is 6. The molecule has 5 nitrogen and oxygen atoms in total. The topological polar surface area (TPSA) is 59.6 Å². The van der Waals surface area contributed by atoms with E-state index in [4.69, 9.17) is 9.47 Å². The maximum atomic E-state index is 11.9. The molecule has 0 aromatic heterocycles. The fourth-order valence-corrected chi connectivity index (χ4v) is 2.70. The summed E-state index contributed by atoms with van der Waals surface area (Å²) >= 11 is 0. The smallest absolute Gasteiger partial charge is 0.407 e. The van der Waals surface area contributed by atoms with Gasteiger partial charge in [-0.05, 0) is 58.3 Å². The van der Waals surface area contributed by atoms with Crippen LogP contribution in [0.15, 0.2) is 0 Å². The van der Waals surface area contributed by atoms with Gasteiger partial charge in [0, 0.05) is 25.7 Å². The second-order valence-electron chi connectivity index (χ2n) is 7.33. The summed E-state index contributed by atoms with van der Waals surface area (Å²) in [6.07, 6.45) is 4.50. The summed E-state index contributed by atoms with van der Waals surface area (Å²) in [6, 6.07) is 0.185. The number of carbonyl (C=O) groups excluding carboxylic acids is 1. The molecule has 2 N–H and O–H groups in total. The SMILES string of the molecule is CC(C)(C)OC(=O)NC(CNCC1CCCOC1)C1CC1. The van der Waals surface area contributed by atoms with Gasteiger partial charge in [-0.25, -0.2) is 4.79 Å². The average molecular weight is 298 g/mol. The Kier molecular flexibility index (Phi) is 5.88. The monoisotopic (exact) mass is 298 g/mol. The van der Waals surface area contributed by atoms with Gasteiger partial charge in [-0.3, -0.25) is 0 Å². The molecule has 2 unspecified atom stereocenters. The summed E-state index contributed by atoms with van der Waals surface area (Å²) in [4.78, 5) is 11.9. The highest BCUT2D eigenvalue weighted by molar-refractivity contribution is 5.68. The van der Waals surface area contributed by atoms with Crippen LogP contribution in [0.2, 0.25) is 0 Å². The van der Waals surface area contributed by atoms with E-state index in [1.54, 1.807) is 0 Å². The lowest BCUT2D eigenvalue weighted by molar-refractivity contribution is 0.0483. The van der Waals surface area contributed by atoms with Gasteiger partial charge in [-0.2, -0.15) is 0 Å². The van der Waals surface area contributed by atoms with Crippen LogP contribution >= 0.6 is 0 Å². The molecule has 1 aliphatic heterocycles. The molecule has 2 aliphatic rings. The third-order valence-corrected chi connectivity index (χ3v) is 3.95. The molecule has 0 spiro atoms. The second-order valence-corrected chi connectivity index (χ2v) is 7.33. The molecule has 2 fully saturated rings. The minimum absolute atomic E-state index is 0.185. The first-order valence-electron chi connectivity index (χ1n) is 8.22. The van der Waals surface area contributed by atoms with E-state index in [9.17, 15) is 4.79 Å². The van der Waals surface area contributed by atoms with Crippen LogP contribution in [0, 0.1) is 11.8 Å². The molecular weight excluding hydrogens is 268 g/mol. The molecule has 1 heterocycles. The van der Waals surface area contributed by atoms with Crippen LogP contribution in [0.1, 0.15) is 46.5 Å². The van der Waals surface area contributed by atoms with Crippen LogP contribution in [0.5, 0.6) is 0 Å². The Balaban J connectivity index is 1.68. The molecule has 2 atom stereocenters. The number of carbonyl (C=O) groups is 1. The van der Waals surface area contributed by atoms with Gasteiger partial charge in [-0.1, -0.05) is 0 Å². The van der Waals surface area contributed by atoms with Gasteiger partial charge in [0.1, 0.15) is 5.60 Å². The fraction of sp³-hybridized carbons (Fsp3) is 0.938. The standard InChI is InChI=1S/C16H30N2O3/c1-16(2,3)21-15(19)18-14(13-6-7-13)10-17-9-12-5-4-8-20-11-12/h12-14,17H,4-11H2,1-3H3,(H,18,19). The van der Waals surface area contributed by atoms with E-state index >= 15 is 0 Å². The molecule has 0 aromatic rings. The zero-order valence-electron chi connectivity index (χ0n) is 13.6. The van der Waals surface area contributed by atoms with E-state index < -0.39 is 5.60 Å². The highest BCUT2D eigenvalue weighted by Gasteiger charge is 2.33. The number of hydrogen-bond acceptors (Lipinski definition) is 4. The van der Waals surface area contributed by atoms with Gasteiger partial charge in [0.25, 0.3) is 0 Å². The van der Waals surface area contributed by atoms with Crippen molar-refractivity contribution in [3.8, 4) is 0 Å². The molecule has 2 rings (SSSR count). The molecule has 1 saturated carbocycles. The van der Waals surface area contributed by atoms with E-state index in [0.29, 0.717) is 11.8 Å². The molecular formula is C16H30N2O3. The van der Waals surface area contributed by atoms with E-state index in [2.05, 4.69) is 10.6 Å². The maximum Gasteiger partial charge on any atom is 0.407 e. The van der Waals surface area contributed by atoms with Gasteiger partial charge in [0.2, 0.25) is 0 Å². The van der Waals surface area contributed by atoms with Crippen LogP contribution in [-0.4, -0.2) is 44.0 Å². The van der Waals surface area contributed by atoms with Crippen molar-refractivity contribution in [1.29, 1.82) is 0 Å². The minimum atomic E-state index is -0.439. The minimum Gasteiger partial charge on any atom is -0.444 e. The van der Waals surface area contributed by atoms with Crippen molar-refractivity contribution in [2.45, 2.75) is 58.1 Å². The summed E-state index contributed by atoms with van der Waals surface area (Å²) in [5.41, 5.74) is -0.439. The number of nitrogens with one attached hydrogen (secondary N) is 2. The van der Waals surface area contributed by atoms with Gasteiger partial charge in [-0.15, -0.1) is 0 Å². The quantitative estimate of drug-likeness (QED) is 0.790. The normalized spacial score (nSPS) is 24.4. The van der Waals surface area contributed by atoms with Crippen molar-refractivity contribution >= 4 is 6.09 Å². The number of alkyl carbamates (subject to hydrolysis) is 1. The lowest BCUT2D eigenvalue weighted by Crippen LogP contribution is -2.46. The highest BCUT2D eigenvalue weighted by atomic mass is 16.6. The van der Waals surface area contributed by atoms with Crippen LogP contribution in [0.25, 0.3) is 0 Å². The first kappa shape index (κ1) is 16.6. The zero-order valence-corrected chi connectivity index (χ0v) is 13.6. The van der Waals surface area contributed by atoms with Gasteiger partial charge >= 0.3 is 6.09 Å². The van der Waals surface area contributed by atoms with E-state index in [1.165, 1.54) is 19.3 Å². The molecule has 1 aliphatic carbocycles. The molecule has 0 aromatic carbocycles. The summed E-state index contributed by atoms with van der Waals surface area (Å²) < 4.78 is 10.8. The van der Waals surface area contributed by atoms with Crippen molar-refractivity contribution < 1.29 is 14.3 Å². The summed E-state index contributed by atoms with van der Waals surface area (Å²) in [5.74, 6) is 1.22. The summed E-state index contributed by atoms with van der Waals surface area (Å²) in [6.45, 7) is 9.22. The van der Waals surface area contributed by atoms with Crippen LogP contribution in [-0.2, 0) is 9.47 Å². The molecule has 0 radical (unpaired) electrons. The second kappa shape index (κ2) is 7.45. The van der Waals surface area contributed by atoms with Gasteiger partial charge in [0.05, 0.1) is 6.61 Å². The molecule has 5 heteroatoms. The Labute approximate surface area is 128 Å². The molecule has 1 amide bonds. The summed E-state index contributed by atoms with van der Waals surface area (Å²) in [7, 11) is 0. The van der Waals surface area contributed by atoms with Crippen LogP contribution < -0.4 is 10.6 Å². The Morgan fingerprint density at radius 3 is 2.67 bits per heavy atom. The first-order valence-corrected chi connectivity index (χ1v) is 8.22. The Hall–Kier alpha value is -0.810. The highest BCUT2D eigenvalue weighted by Crippen LogP contribution is 2.32. The van der Waals surface area contributed by atoms with Gasteiger partial charge in [0.15, 0.2) is 0 Å². The first-order chi connectivity index (χ1) is 9.94. The lowest BCUT2D eigenvalue weighted by atomic mass is 10.0. The number of ether oxygens (including phenoxy) is 2. The number of hydrogen-bond donors (Lipinski definition) is 2. The predicted octanol–water partition coefficient (Wildman–Crippen LogP) is 2.31.